The van der Waals surface area contributed by atoms with Crippen molar-refractivity contribution in [2.45, 2.75) is 37.8 Å². The molecule has 1 heterocycles. The van der Waals surface area contributed by atoms with Crippen LogP contribution in [-0.4, -0.2) is 35.5 Å². The van der Waals surface area contributed by atoms with Gasteiger partial charge in [0, 0.05) is 11.6 Å². The van der Waals surface area contributed by atoms with E-state index < -0.39 is 5.54 Å². The Hall–Kier alpha value is -2.37. The summed E-state index contributed by atoms with van der Waals surface area (Å²) in [6.07, 6.45) is 3.52. The number of nitrogens with one attached hydrogen (secondary N) is 1. The number of hydrogen-bond acceptors (Lipinski definition) is 3. The zero-order valence-electron chi connectivity index (χ0n) is 16.0. The molecule has 0 radical (unpaired) electrons. The lowest BCUT2D eigenvalue weighted by Crippen LogP contribution is -2.45. The van der Waals surface area contributed by atoms with E-state index in [2.05, 4.69) is 11.4 Å². The van der Waals surface area contributed by atoms with E-state index in [1.165, 1.54) is 4.90 Å². The van der Waals surface area contributed by atoms with Crippen molar-refractivity contribution in [1.82, 2.24) is 15.1 Å². The van der Waals surface area contributed by atoms with Crippen LogP contribution in [0.25, 0.3) is 0 Å². The molecule has 1 fully saturated rings. The Balaban J connectivity index is 1.55. The maximum Gasteiger partial charge on any atom is 0.326 e. The van der Waals surface area contributed by atoms with Gasteiger partial charge in [0.15, 0.2) is 0 Å². The Bertz CT molecular complexity index is 899. The van der Waals surface area contributed by atoms with Gasteiger partial charge in [0.05, 0.1) is 6.67 Å². The number of urea groups is 1. The summed E-state index contributed by atoms with van der Waals surface area (Å²) in [5.41, 5.74) is 2.26. The minimum absolute atomic E-state index is 0.144. The third-order valence-corrected chi connectivity index (χ3v) is 5.90. The van der Waals surface area contributed by atoms with Gasteiger partial charge in [-0.2, -0.15) is 0 Å². The van der Waals surface area contributed by atoms with E-state index in [0.717, 1.165) is 36.0 Å². The van der Waals surface area contributed by atoms with Crippen molar-refractivity contribution in [3.63, 3.8) is 0 Å². The second-order valence-electron chi connectivity index (χ2n) is 7.71. The quantitative estimate of drug-likeness (QED) is 0.796. The molecule has 1 unspecified atom stereocenters. The minimum atomic E-state index is -0.925. The Morgan fingerprint density at radius 2 is 1.86 bits per heavy atom. The summed E-state index contributed by atoms with van der Waals surface area (Å²) in [7, 11) is 1.90. The van der Waals surface area contributed by atoms with Gasteiger partial charge < -0.3 is 5.32 Å². The Morgan fingerprint density at radius 1 is 1.11 bits per heavy atom. The van der Waals surface area contributed by atoms with Crippen molar-refractivity contribution in [3.8, 4) is 0 Å². The van der Waals surface area contributed by atoms with Gasteiger partial charge >= 0.3 is 6.03 Å². The molecule has 6 heteroatoms. The van der Waals surface area contributed by atoms with Gasteiger partial charge in [-0.05, 0) is 61.6 Å². The van der Waals surface area contributed by atoms with E-state index in [1.807, 2.05) is 54.4 Å². The lowest BCUT2D eigenvalue weighted by atomic mass is 9.84. The number of carbonyl (C=O) groups is 2. The largest absolute Gasteiger partial charge is 0.326 e. The molecule has 4 rings (SSSR count). The highest BCUT2D eigenvalue weighted by molar-refractivity contribution is 6.30. The van der Waals surface area contributed by atoms with Gasteiger partial charge in [-0.1, -0.05) is 48.0 Å². The van der Waals surface area contributed by atoms with Gasteiger partial charge in [0.2, 0.25) is 0 Å². The normalized spacial score (nSPS) is 21.8. The molecule has 146 valence electrons. The lowest BCUT2D eigenvalue weighted by molar-refractivity contribution is -0.133. The second-order valence-corrected chi connectivity index (χ2v) is 8.15. The number of nitrogens with zero attached hydrogens (tertiary/aromatic N) is 2. The first-order valence-corrected chi connectivity index (χ1v) is 10.0. The highest BCUT2D eigenvalue weighted by Crippen LogP contribution is 2.39. The van der Waals surface area contributed by atoms with E-state index in [4.69, 9.17) is 11.6 Å². The number of imide groups is 1. The Labute approximate surface area is 170 Å². The van der Waals surface area contributed by atoms with Gasteiger partial charge in [0.1, 0.15) is 5.54 Å². The molecule has 0 saturated carbocycles. The van der Waals surface area contributed by atoms with E-state index in [-0.39, 0.29) is 18.6 Å². The summed E-state index contributed by atoms with van der Waals surface area (Å²) >= 11 is 5.94. The Kier molecular flexibility index (Phi) is 5.13. The summed E-state index contributed by atoms with van der Waals surface area (Å²) < 4.78 is 0. The van der Waals surface area contributed by atoms with E-state index in [0.29, 0.717) is 18.0 Å². The zero-order chi connectivity index (χ0) is 19.7. The average molecular weight is 398 g/mol. The van der Waals surface area contributed by atoms with E-state index >= 15 is 0 Å². The van der Waals surface area contributed by atoms with Crippen molar-refractivity contribution >= 4 is 23.5 Å². The molecule has 3 amide bonds. The number of benzene rings is 2. The standard InChI is InChI=1S/C22H24ClN3O2/c1-25(14-16-9-11-18(23)12-10-16)15-26-20(27)22(24-21(26)28)13-5-4-7-17-6-2-3-8-19(17)22/h2-3,6,8-12H,4-5,7,13-15H2,1H3,(H,24,28). The molecule has 5 nitrogen and oxygen atoms in total. The number of rotatable bonds is 4. The van der Waals surface area contributed by atoms with Crippen LogP contribution in [0.15, 0.2) is 48.5 Å². The predicted octanol–water partition coefficient (Wildman–Crippen LogP) is 3.90. The number of aryl methyl sites for hydroxylation is 1. The maximum absolute atomic E-state index is 13.4. The first kappa shape index (κ1) is 19.0. The smallest absolute Gasteiger partial charge is 0.319 e. The molecule has 0 aromatic heterocycles. The molecular weight excluding hydrogens is 374 g/mol. The number of halogens is 1. The van der Waals surface area contributed by atoms with Crippen LogP contribution in [0.3, 0.4) is 0 Å². The van der Waals surface area contributed by atoms with Crippen LogP contribution in [0, 0.1) is 0 Å². The summed E-state index contributed by atoms with van der Waals surface area (Å²) in [4.78, 5) is 29.5. The number of carbonyl (C=O) groups excluding carboxylic acids is 2. The minimum Gasteiger partial charge on any atom is -0.319 e. The number of amides is 3. The van der Waals surface area contributed by atoms with Gasteiger partial charge in [-0.3, -0.25) is 9.69 Å². The van der Waals surface area contributed by atoms with Crippen LogP contribution in [0.4, 0.5) is 4.79 Å². The third kappa shape index (κ3) is 3.40. The zero-order valence-corrected chi connectivity index (χ0v) is 16.7. The predicted molar refractivity (Wildman–Crippen MR) is 109 cm³/mol. The van der Waals surface area contributed by atoms with Crippen molar-refractivity contribution in [1.29, 1.82) is 0 Å². The van der Waals surface area contributed by atoms with Crippen LogP contribution >= 0.6 is 11.6 Å². The molecule has 2 aromatic carbocycles. The first-order valence-electron chi connectivity index (χ1n) is 9.65. The molecule has 1 saturated heterocycles. The van der Waals surface area contributed by atoms with Crippen LogP contribution < -0.4 is 5.32 Å². The summed E-state index contributed by atoms with van der Waals surface area (Å²) in [6.45, 7) is 0.870. The van der Waals surface area contributed by atoms with Crippen molar-refractivity contribution < 1.29 is 9.59 Å². The van der Waals surface area contributed by atoms with E-state index in [1.54, 1.807) is 0 Å². The van der Waals surface area contributed by atoms with Crippen molar-refractivity contribution in [2.75, 3.05) is 13.7 Å². The molecule has 0 bridgehead atoms. The molecule has 1 aliphatic heterocycles. The van der Waals surface area contributed by atoms with Gasteiger partial charge in [-0.25, -0.2) is 9.69 Å². The molecule has 1 N–H and O–H groups in total. The highest BCUT2D eigenvalue weighted by atomic mass is 35.5. The molecule has 1 aliphatic carbocycles. The fourth-order valence-electron chi connectivity index (χ4n) is 4.29. The SMILES string of the molecule is CN(Cc1ccc(Cl)cc1)CN1C(=O)NC2(CCCCc3ccccc32)C1=O. The molecule has 1 atom stereocenters. The summed E-state index contributed by atoms with van der Waals surface area (Å²) in [5.74, 6) is -0.144. The highest BCUT2D eigenvalue weighted by Gasteiger charge is 2.53. The molecule has 1 spiro atoms. The molecule has 2 aliphatic rings. The van der Waals surface area contributed by atoms with Crippen LogP contribution in [0.5, 0.6) is 0 Å². The van der Waals surface area contributed by atoms with Crippen molar-refractivity contribution in [3.05, 3.63) is 70.2 Å². The average Bonchev–Trinajstić information content (AvgIpc) is 2.83. The van der Waals surface area contributed by atoms with Crippen LogP contribution in [-0.2, 0) is 23.3 Å². The second kappa shape index (κ2) is 7.57. The summed E-state index contributed by atoms with van der Waals surface area (Å²) in [5, 5.41) is 3.72. The van der Waals surface area contributed by atoms with Gasteiger partial charge in [0.25, 0.3) is 5.91 Å². The molecule has 2 aromatic rings. The topological polar surface area (TPSA) is 52.6 Å². The Morgan fingerprint density at radius 3 is 2.64 bits per heavy atom. The fourth-order valence-corrected chi connectivity index (χ4v) is 4.42. The molecular formula is C22H24ClN3O2. The summed E-state index contributed by atoms with van der Waals surface area (Å²) in [6, 6.07) is 15.3. The van der Waals surface area contributed by atoms with Gasteiger partial charge in [-0.15, -0.1) is 0 Å². The number of hydrogen-bond donors (Lipinski definition) is 1. The monoisotopic (exact) mass is 397 g/mol. The fraction of sp³-hybridized carbons (Fsp3) is 0.364. The third-order valence-electron chi connectivity index (χ3n) is 5.65. The molecule has 28 heavy (non-hydrogen) atoms. The first-order chi connectivity index (χ1) is 13.5. The van der Waals surface area contributed by atoms with Crippen LogP contribution in [0.2, 0.25) is 5.02 Å². The maximum atomic E-state index is 13.4. The lowest BCUT2D eigenvalue weighted by Gasteiger charge is -2.28. The van der Waals surface area contributed by atoms with Crippen molar-refractivity contribution in [2.24, 2.45) is 0 Å². The van der Waals surface area contributed by atoms with E-state index in [9.17, 15) is 9.59 Å². The number of fused-ring (bicyclic) bond motifs is 2. The van der Waals surface area contributed by atoms with Crippen LogP contribution in [0.1, 0.15) is 36.0 Å².